The summed E-state index contributed by atoms with van der Waals surface area (Å²) in [6, 6.07) is 3.57. The highest BCUT2D eigenvalue weighted by atomic mass is 32.2. The zero-order valence-corrected chi connectivity index (χ0v) is 13.5. The Balaban J connectivity index is 2.09. The highest BCUT2D eigenvalue weighted by Gasteiger charge is 2.21. The van der Waals surface area contributed by atoms with Crippen molar-refractivity contribution >= 4 is 15.7 Å². The fraction of sp³-hybridized carbons (Fsp3) is 0.438. The third-order valence-corrected chi connectivity index (χ3v) is 4.98. The third-order valence-electron chi connectivity index (χ3n) is 3.85. The van der Waals surface area contributed by atoms with Crippen molar-refractivity contribution in [1.29, 1.82) is 0 Å². The molecule has 1 aliphatic carbocycles. The van der Waals surface area contributed by atoms with E-state index in [1.54, 1.807) is 6.92 Å². The maximum absolute atomic E-state index is 13.9. The van der Waals surface area contributed by atoms with E-state index < -0.39 is 15.7 Å². The smallest absolute Gasteiger partial charge is 0.223 e. The molecule has 4 nitrogen and oxygen atoms in total. The van der Waals surface area contributed by atoms with Gasteiger partial charge in [0, 0.05) is 12.2 Å². The second-order valence-electron chi connectivity index (χ2n) is 5.67. The van der Waals surface area contributed by atoms with E-state index in [4.69, 9.17) is 0 Å². The van der Waals surface area contributed by atoms with Gasteiger partial charge in [0.05, 0.1) is 6.04 Å². The molecule has 0 saturated heterocycles. The van der Waals surface area contributed by atoms with Crippen molar-refractivity contribution < 1.29 is 17.6 Å². The fourth-order valence-electron chi connectivity index (χ4n) is 2.53. The van der Waals surface area contributed by atoms with Crippen LogP contribution in [0.5, 0.6) is 0 Å². The largest absolute Gasteiger partial charge is 0.349 e. The van der Waals surface area contributed by atoms with Crippen LogP contribution >= 0.6 is 0 Å². The van der Waals surface area contributed by atoms with Crippen LogP contribution in [0.4, 0.5) is 4.39 Å². The summed E-state index contributed by atoms with van der Waals surface area (Å²) >= 11 is 0. The van der Waals surface area contributed by atoms with Crippen molar-refractivity contribution in [3.8, 4) is 0 Å². The maximum atomic E-state index is 13.9. The van der Waals surface area contributed by atoms with Crippen molar-refractivity contribution in [2.24, 2.45) is 5.92 Å². The molecular weight excluding hydrogens is 305 g/mol. The molecule has 0 aromatic heterocycles. The Bertz CT molecular complexity index is 697. The van der Waals surface area contributed by atoms with Gasteiger partial charge in [-0.05, 0) is 43.9 Å². The number of carbonyl (C=O) groups excluding carboxylic acids is 1. The Morgan fingerprint density at radius 2 is 2.09 bits per heavy atom. The summed E-state index contributed by atoms with van der Waals surface area (Å²) in [4.78, 5) is 11.8. The van der Waals surface area contributed by atoms with Gasteiger partial charge in [-0.3, -0.25) is 4.79 Å². The first kappa shape index (κ1) is 16.7. The molecule has 1 aliphatic rings. The maximum Gasteiger partial charge on any atom is 0.223 e. The van der Waals surface area contributed by atoms with Crippen LogP contribution in [0, 0.1) is 11.7 Å². The van der Waals surface area contributed by atoms with E-state index in [1.807, 2.05) is 6.08 Å². The van der Waals surface area contributed by atoms with Crippen molar-refractivity contribution in [2.75, 3.05) is 6.26 Å². The van der Waals surface area contributed by atoms with Crippen molar-refractivity contribution in [3.05, 3.63) is 41.7 Å². The van der Waals surface area contributed by atoms with Gasteiger partial charge in [0.15, 0.2) is 9.84 Å². The second kappa shape index (κ2) is 6.60. The molecule has 0 fully saturated rings. The molecular formula is C16H20FNO3S. The molecule has 1 N–H and O–H groups in total. The summed E-state index contributed by atoms with van der Waals surface area (Å²) in [5.41, 5.74) is 0.546. The number of amides is 1. The van der Waals surface area contributed by atoms with Gasteiger partial charge in [-0.15, -0.1) is 0 Å². The molecule has 0 aliphatic heterocycles. The molecule has 1 aromatic rings. The van der Waals surface area contributed by atoms with E-state index in [9.17, 15) is 17.6 Å². The summed E-state index contributed by atoms with van der Waals surface area (Å²) in [5, 5.41) is 2.86. The summed E-state index contributed by atoms with van der Waals surface area (Å²) < 4.78 is 36.7. The second-order valence-corrected chi connectivity index (χ2v) is 7.66. The molecule has 0 heterocycles. The predicted octanol–water partition coefficient (Wildman–Crippen LogP) is 2.76. The number of halogens is 1. The lowest BCUT2D eigenvalue weighted by Gasteiger charge is -2.21. The Morgan fingerprint density at radius 1 is 1.36 bits per heavy atom. The predicted molar refractivity (Wildman–Crippen MR) is 82.5 cm³/mol. The van der Waals surface area contributed by atoms with Gasteiger partial charge in [0.25, 0.3) is 0 Å². The number of hydrogen-bond acceptors (Lipinski definition) is 3. The van der Waals surface area contributed by atoms with Crippen LogP contribution in [0.1, 0.15) is 37.8 Å². The first-order valence-electron chi connectivity index (χ1n) is 7.24. The van der Waals surface area contributed by atoms with E-state index in [0.717, 1.165) is 25.5 Å². The van der Waals surface area contributed by atoms with Gasteiger partial charge in [0.1, 0.15) is 10.7 Å². The first-order chi connectivity index (χ1) is 10.3. The van der Waals surface area contributed by atoms with Crippen LogP contribution in [0.15, 0.2) is 35.2 Å². The third kappa shape index (κ3) is 3.94. The van der Waals surface area contributed by atoms with Crippen molar-refractivity contribution in [2.45, 2.75) is 37.1 Å². The van der Waals surface area contributed by atoms with Crippen LogP contribution in [0.2, 0.25) is 0 Å². The molecule has 2 rings (SSSR count). The van der Waals surface area contributed by atoms with E-state index in [1.165, 1.54) is 18.2 Å². The van der Waals surface area contributed by atoms with Gasteiger partial charge in [-0.1, -0.05) is 18.2 Å². The molecule has 6 heteroatoms. The molecule has 1 amide bonds. The molecule has 0 saturated carbocycles. The van der Waals surface area contributed by atoms with Crippen molar-refractivity contribution in [1.82, 2.24) is 5.32 Å². The Hall–Kier alpha value is -1.69. The van der Waals surface area contributed by atoms with Gasteiger partial charge in [0.2, 0.25) is 5.91 Å². The first-order valence-corrected chi connectivity index (χ1v) is 9.13. The van der Waals surface area contributed by atoms with E-state index >= 15 is 0 Å². The van der Waals surface area contributed by atoms with Crippen LogP contribution in [0.3, 0.4) is 0 Å². The zero-order chi connectivity index (χ0) is 16.3. The molecule has 0 bridgehead atoms. The lowest BCUT2D eigenvalue weighted by molar-refractivity contribution is -0.125. The van der Waals surface area contributed by atoms with Crippen LogP contribution < -0.4 is 5.32 Å². The molecule has 0 radical (unpaired) electrons. The standard InChI is InChI=1S/C16H20FNO3S/c1-11(18-16(19)12-6-4-3-5-7-12)13-8-9-15(14(17)10-13)22(2,20)21/h3-4,8-12H,5-7H2,1-2H3,(H,18,19)/t11-,12-/m1/s1. The Kier molecular flexibility index (Phi) is 5.01. The lowest BCUT2D eigenvalue weighted by Crippen LogP contribution is -2.33. The van der Waals surface area contributed by atoms with Gasteiger partial charge >= 0.3 is 0 Å². The van der Waals surface area contributed by atoms with Crippen LogP contribution in [-0.2, 0) is 14.6 Å². The zero-order valence-electron chi connectivity index (χ0n) is 12.7. The van der Waals surface area contributed by atoms with Gasteiger partial charge in [-0.25, -0.2) is 12.8 Å². The summed E-state index contributed by atoms with van der Waals surface area (Å²) in [6.07, 6.45) is 7.46. The molecule has 22 heavy (non-hydrogen) atoms. The van der Waals surface area contributed by atoms with Crippen LogP contribution in [0.25, 0.3) is 0 Å². The number of nitrogens with one attached hydrogen (secondary N) is 1. The minimum absolute atomic E-state index is 0.0485. The van der Waals surface area contributed by atoms with Gasteiger partial charge < -0.3 is 5.32 Å². The number of carbonyl (C=O) groups is 1. The quantitative estimate of drug-likeness (QED) is 0.866. The Morgan fingerprint density at radius 3 is 2.64 bits per heavy atom. The van der Waals surface area contributed by atoms with E-state index in [-0.39, 0.29) is 22.8 Å². The van der Waals surface area contributed by atoms with Crippen molar-refractivity contribution in [3.63, 3.8) is 0 Å². The molecule has 0 unspecified atom stereocenters. The average Bonchev–Trinajstić information content (AvgIpc) is 2.46. The minimum Gasteiger partial charge on any atom is -0.349 e. The summed E-state index contributed by atoms with van der Waals surface area (Å²) in [5.74, 6) is -0.890. The highest BCUT2D eigenvalue weighted by Crippen LogP contribution is 2.22. The minimum atomic E-state index is -3.59. The monoisotopic (exact) mass is 325 g/mol. The molecule has 0 spiro atoms. The number of rotatable bonds is 4. The van der Waals surface area contributed by atoms with E-state index in [2.05, 4.69) is 11.4 Å². The SMILES string of the molecule is C[C@@H](NC(=O)[C@@H]1CC=CCC1)c1ccc(S(C)(=O)=O)c(F)c1. The number of sulfone groups is 1. The fourth-order valence-corrected chi connectivity index (χ4v) is 3.26. The molecule has 2 atom stereocenters. The van der Waals surface area contributed by atoms with Crippen LogP contribution in [-0.4, -0.2) is 20.6 Å². The molecule has 1 aromatic carbocycles. The number of benzene rings is 1. The molecule has 120 valence electrons. The topological polar surface area (TPSA) is 63.2 Å². The Labute approximate surface area is 130 Å². The number of allylic oxidation sites excluding steroid dienone is 2. The van der Waals surface area contributed by atoms with Gasteiger partial charge in [-0.2, -0.15) is 0 Å². The number of hydrogen-bond donors (Lipinski definition) is 1. The van der Waals surface area contributed by atoms with E-state index in [0.29, 0.717) is 5.56 Å². The highest BCUT2D eigenvalue weighted by molar-refractivity contribution is 7.90. The summed E-state index contributed by atoms with van der Waals surface area (Å²) in [7, 11) is -3.59. The normalized spacial score (nSPS) is 19.7. The lowest BCUT2D eigenvalue weighted by atomic mass is 9.93. The average molecular weight is 325 g/mol. The summed E-state index contributed by atoms with van der Waals surface area (Å²) in [6.45, 7) is 1.76.